The Balaban J connectivity index is 2.73. The van der Waals surface area contributed by atoms with Crippen molar-refractivity contribution in [2.45, 2.75) is 52.6 Å². The lowest BCUT2D eigenvalue weighted by atomic mass is 9.82. The van der Waals surface area contributed by atoms with Crippen LogP contribution in [-0.2, 0) is 16.6 Å². The molecule has 0 saturated carbocycles. The van der Waals surface area contributed by atoms with Crippen molar-refractivity contribution in [2.75, 3.05) is 13.1 Å². The standard InChI is InChI=1S/C14H28N4O2S/c1-6-7-15-9-12-10-16-18-13(12)21(19,20)17-8-11(2)14(3,4)5/h10-11,15,17H,6-9H2,1-5H3,(H,16,18). The first-order valence-electron chi connectivity index (χ1n) is 7.41. The maximum Gasteiger partial charge on any atom is 0.257 e. The van der Waals surface area contributed by atoms with E-state index in [2.05, 4.69) is 47.9 Å². The van der Waals surface area contributed by atoms with Gasteiger partial charge in [-0.3, -0.25) is 5.10 Å². The fourth-order valence-corrected chi connectivity index (χ4v) is 2.93. The molecule has 0 aliphatic rings. The Morgan fingerprint density at radius 1 is 1.38 bits per heavy atom. The molecule has 1 unspecified atom stereocenters. The molecule has 0 spiro atoms. The van der Waals surface area contributed by atoms with Crippen molar-refractivity contribution in [3.05, 3.63) is 11.8 Å². The molecule has 1 aromatic rings. The van der Waals surface area contributed by atoms with Gasteiger partial charge in [-0.1, -0.05) is 34.6 Å². The van der Waals surface area contributed by atoms with Crippen LogP contribution in [0.15, 0.2) is 11.2 Å². The molecule has 0 saturated heterocycles. The van der Waals surface area contributed by atoms with E-state index in [9.17, 15) is 8.42 Å². The van der Waals surface area contributed by atoms with Crippen LogP contribution in [0.3, 0.4) is 0 Å². The second-order valence-electron chi connectivity index (χ2n) is 6.52. The van der Waals surface area contributed by atoms with Crippen molar-refractivity contribution < 1.29 is 8.42 Å². The van der Waals surface area contributed by atoms with E-state index in [4.69, 9.17) is 0 Å². The third-order valence-corrected chi connectivity index (χ3v) is 5.18. The monoisotopic (exact) mass is 316 g/mol. The largest absolute Gasteiger partial charge is 0.313 e. The SMILES string of the molecule is CCCNCc1cn[nH]c1S(=O)(=O)NCC(C)C(C)(C)C. The number of sulfonamides is 1. The Hall–Kier alpha value is -0.920. The number of hydrogen-bond acceptors (Lipinski definition) is 4. The van der Waals surface area contributed by atoms with Gasteiger partial charge in [0.1, 0.15) is 0 Å². The zero-order valence-corrected chi connectivity index (χ0v) is 14.5. The highest BCUT2D eigenvalue weighted by molar-refractivity contribution is 7.89. The normalized spacial score (nSPS) is 14.3. The molecule has 0 aromatic carbocycles. The molecule has 0 aliphatic carbocycles. The third-order valence-electron chi connectivity index (χ3n) is 3.75. The van der Waals surface area contributed by atoms with Crippen LogP contribution in [0.1, 0.15) is 46.6 Å². The molecule has 1 heterocycles. The van der Waals surface area contributed by atoms with Gasteiger partial charge < -0.3 is 5.32 Å². The number of rotatable bonds is 8. The Bertz CT molecular complexity index is 531. The van der Waals surface area contributed by atoms with E-state index < -0.39 is 10.0 Å². The maximum atomic E-state index is 12.4. The minimum Gasteiger partial charge on any atom is -0.313 e. The molecule has 0 radical (unpaired) electrons. The fraction of sp³-hybridized carbons (Fsp3) is 0.786. The van der Waals surface area contributed by atoms with Crippen LogP contribution in [0.25, 0.3) is 0 Å². The quantitative estimate of drug-likeness (QED) is 0.639. The first-order valence-corrected chi connectivity index (χ1v) is 8.89. The van der Waals surface area contributed by atoms with E-state index in [0.717, 1.165) is 13.0 Å². The lowest BCUT2D eigenvalue weighted by Gasteiger charge is -2.27. The van der Waals surface area contributed by atoms with E-state index in [1.165, 1.54) is 0 Å². The van der Waals surface area contributed by atoms with E-state index >= 15 is 0 Å². The predicted octanol–water partition coefficient (Wildman–Crippen LogP) is 1.87. The lowest BCUT2D eigenvalue weighted by molar-refractivity contribution is 0.263. The van der Waals surface area contributed by atoms with Gasteiger partial charge in [-0.2, -0.15) is 5.10 Å². The van der Waals surface area contributed by atoms with Crippen molar-refractivity contribution in [3.63, 3.8) is 0 Å². The average molecular weight is 316 g/mol. The summed E-state index contributed by atoms with van der Waals surface area (Å²) < 4.78 is 27.4. The Morgan fingerprint density at radius 3 is 2.62 bits per heavy atom. The fourth-order valence-electron chi connectivity index (χ4n) is 1.67. The number of aromatic amines is 1. The van der Waals surface area contributed by atoms with Crippen LogP contribution in [0.2, 0.25) is 0 Å². The zero-order valence-electron chi connectivity index (χ0n) is 13.7. The van der Waals surface area contributed by atoms with Gasteiger partial charge in [0, 0.05) is 18.7 Å². The molecule has 0 fully saturated rings. The average Bonchev–Trinajstić information content (AvgIpc) is 2.84. The number of nitrogens with one attached hydrogen (secondary N) is 3. The molecular weight excluding hydrogens is 288 g/mol. The van der Waals surface area contributed by atoms with Crippen molar-refractivity contribution in [2.24, 2.45) is 11.3 Å². The van der Waals surface area contributed by atoms with Crippen molar-refractivity contribution in [3.8, 4) is 0 Å². The van der Waals surface area contributed by atoms with Gasteiger partial charge in [-0.05, 0) is 24.3 Å². The number of H-pyrrole nitrogens is 1. The van der Waals surface area contributed by atoms with E-state index in [-0.39, 0.29) is 16.4 Å². The smallest absolute Gasteiger partial charge is 0.257 e. The summed E-state index contributed by atoms with van der Waals surface area (Å²) in [6.45, 7) is 12.2. The topological polar surface area (TPSA) is 86.9 Å². The Morgan fingerprint density at radius 2 is 2.05 bits per heavy atom. The first kappa shape index (κ1) is 18.1. The molecule has 0 amide bonds. The van der Waals surface area contributed by atoms with Crippen LogP contribution in [-0.4, -0.2) is 31.7 Å². The lowest BCUT2D eigenvalue weighted by Crippen LogP contribution is -2.34. The number of aromatic nitrogens is 2. The molecule has 0 bridgehead atoms. The number of hydrogen-bond donors (Lipinski definition) is 3. The van der Waals surface area contributed by atoms with Gasteiger partial charge in [0.15, 0.2) is 5.03 Å². The van der Waals surface area contributed by atoms with Gasteiger partial charge in [0.25, 0.3) is 10.0 Å². The molecular formula is C14H28N4O2S. The van der Waals surface area contributed by atoms with Gasteiger partial charge in [-0.25, -0.2) is 13.1 Å². The van der Waals surface area contributed by atoms with E-state index in [1.54, 1.807) is 6.20 Å². The van der Waals surface area contributed by atoms with Gasteiger partial charge >= 0.3 is 0 Å². The van der Waals surface area contributed by atoms with Gasteiger partial charge in [0.05, 0.1) is 6.20 Å². The molecule has 0 aliphatic heterocycles. The first-order chi connectivity index (χ1) is 9.68. The second kappa shape index (κ2) is 7.38. The second-order valence-corrected chi connectivity index (χ2v) is 8.22. The highest BCUT2D eigenvalue weighted by Crippen LogP contribution is 2.25. The zero-order chi connectivity index (χ0) is 16.1. The van der Waals surface area contributed by atoms with Crippen LogP contribution in [0.4, 0.5) is 0 Å². The Kier molecular flexibility index (Phi) is 6.37. The minimum absolute atomic E-state index is 0.0576. The molecule has 122 valence electrons. The summed E-state index contributed by atoms with van der Waals surface area (Å²) in [7, 11) is -3.55. The summed E-state index contributed by atoms with van der Waals surface area (Å²) >= 11 is 0. The summed E-state index contributed by atoms with van der Waals surface area (Å²) in [5.74, 6) is 0.233. The molecule has 1 rings (SSSR count). The van der Waals surface area contributed by atoms with Gasteiger partial charge in [-0.15, -0.1) is 0 Å². The molecule has 1 aromatic heterocycles. The van der Waals surface area contributed by atoms with Crippen molar-refractivity contribution in [1.82, 2.24) is 20.2 Å². The predicted molar refractivity (Wildman–Crippen MR) is 84.4 cm³/mol. The van der Waals surface area contributed by atoms with E-state index in [0.29, 0.717) is 18.7 Å². The number of nitrogens with zero attached hydrogens (tertiary/aromatic N) is 1. The summed E-state index contributed by atoms with van der Waals surface area (Å²) in [4.78, 5) is 0. The highest BCUT2D eigenvalue weighted by Gasteiger charge is 2.25. The van der Waals surface area contributed by atoms with Gasteiger partial charge in [0.2, 0.25) is 0 Å². The van der Waals surface area contributed by atoms with Crippen LogP contribution in [0, 0.1) is 11.3 Å². The Labute approximate surface area is 128 Å². The van der Waals surface area contributed by atoms with E-state index in [1.807, 2.05) is 6.92 Å². The molecule has 1 atom stereocenters. The molecule has 6 nitrogen and oxygen atoms in total. The molecule has 7 heteroatoms. The van der Waals surface area contributed by atoms with Crippen LogP contribution in [0.5, 0.6) is 0 Å². The summed E-state index contributed by atoms with van der Waals surface area (Å²) in [5, 5.41) is 9.80. The highest BCUT2D eigenvalue weighted by atomic mass is 32.2. The minimum atomic E-state index is -3.55. The van der Waals surface area contributed by atoms with Crippen molar-refractivity contribution >= 4 is 10.0 Å². The molecule has 3 N–H and O–H groups in total. The maximum absolute atomic E-state index is 12.4. The van der Waals surface area contributed by atoms with Crippen LogP contribution < -0.4 is 10.0 Å². The third kappa shape index (κ3) is 5.41. The summed E-state index contributed by atoms with van der Waals surface area (Å²) in [6, 6.07) is 0. The summed E-state index contributed by atoms with van der Waals surface area (Å²) in [5.41, 5.74) is 0.724. The summed E-state index contributed by atoms with van der Waals surface area (Å²) in [6.07, 6.45) is 2.56. The molecule has 21 heavy (non-hydrogen) atoms. The van der Waals surface area contributed by atoms with Crippen molar-refractivity contribution in [1.29, 1.82) is 0 Å². The van der Waals surface area contributed by atoms with Crippen LogP contribution >= 0.6 is 0 Å².